The molecule has 0 saturated heterocycles. The molecule has 1 heterocycles. The molecular weight excluding hydrogens is 285 g/mol. The number of nitrogens with zero attached hydrogens (tertiary/aromatic N) is 1. The van der Waals surface area contributed by atoms with Crippen molar-refractivity contribution in [2.75, 3.05) is 18.1 Å². The maximum absolute atomic E-state index is 13.1. The van der Waals surface area contributed by atoms with E-state index in [4.69, 9.17) is 4.74 Å². The fraction of sp³-hybridized carbons (Fsp3) is 0.176. The second-order valence-electron chi connectivity index (χ2n) is 4.98. The standard InChI is InChI=1S/C17H14FNO3/c18-12-4-3-5-13(10-12)22-11-17(21)19-9-8-16(20)14-6-1-2-7-15(14)19/h1-7,10H,8-9,11H2. The summed E-state index contributed by atoms with van der Waals surface area (Å²) >= 11 is 0. The predicted molar refractivity (Wildman–Crippen MR) is 79.6 cm³/mol. The Morgan fingerprint density at radius 3 is 2.82 bits per heavy atom. The van der Waals surface area contributed by atoms with Crippen LogP contribution in [0.25, 0.3) is 0 Å². The molecule has 0 bridgehead atoms. The van der Waals surface area contributed by atoms with E-state index in [1.54, 1.807) is 30.3 Å². The number of para-hydroxylation sites is 1. The number of hydrogen-bond acceptors (Lipinski definition) is 3. The third kappa shape index (κ3) is 2.83. The molecule has 1 amide bonds. The Kier molecular flexibility index (Phi) is 3.87. The van der Waals surface area contributed by atoms with Crippen LogP contribution in [-0.2, 0) is 4.79 Å². The van der Waals surface area contributed by atoms with Crippen molar-refractivity contribution in [2.24, 2.45) is 0 Å². The summed E-state index contributed by atoms with van der Waals surface area (Å²) in [5.41, 5.74) is 1.15. The van der Waals surface area contributed by atoms with Crippen LogP contribution in [0.1, 0.15) is 16.8 Å². The van der Waals surface area contributed by atoms with Gasteiger partial charge in [0.05, 0.1) is 5.69 Å². The fourth-order valence-corrected chi connectivity index (χ4v) is 2.45. The van der Waals surface area contributed by atoms with Crippen molar-refractivity contribution in [2.45, 2.75) is 6.42 Å². The second kappa shape index (κ2) is 5.97. The van der Waals surface area contributed by atoms with Crippen molar-refractivity contribution in [3.8, 4) is 5.75 Å². The Morgan fingerprint density at radius 2 is 2.00 bits per heavy atom. The molecular formula is C17H14FNO3. The molecule has 0 unspecified atom stereocenters. The van der Waals surface area contributed by atoms with Crippen LogP contribution in [0.5, 0.6) is 5.75 Å². The van der Waals surface area contributed by atoms with Gasteiger partial charge in [-0.2, -0.15) is 0 Å². The minimum absolute atomic E-state index is 0.0331. The molecule has 3 rings (SSSR count). The van der Waals surface area contributed by atoms with Crippen molar-refractivity contribution in [3.05, 3.63) is 59.9 Å². The van der Waals surface area contributed by atoms with Crippen molar-refractivity contribution in [1.82, 2.24) is 0 Å². The van der Waals surface area contributed by atoms with Crippen LogP contribution in [0, 0.1) is 5.82 Å². The van der Waals surface area contributed by atoms with Crippen molar-refractivity contribution in [3.63, 3.8) is 0 Å². The van der Waals surface area contributed by atoms with Gasteiger partial charge in [-0.1, -0.05) is 18.2 Å². The van der Waals surface area contributed by atoms with Gasteiger partial charge in [0.2, 0.25) is 0 Å². The number of carbonyl (C=O) groups is 2. The first-order valence-electron chi connectivity index (χ1n) is 6.96. The monoisotopic (exact) mass is 299 g/mol. The van der Waals surface area contributed by atoms with Gasteiger partial charge in [0.1, 0.15) is 11.6 Å². The molecule has 0 atom stereocenters. The van der Waals surface area contributed by atoms with E-state index in [2.05, 4.69) is 0 Å². The van der Waals surface area contributed by atoms with E-state index < -0.39 is 5.82 Å². The van der Waals surface area contributed by atoms with Crippen LogP contribution in [0.15, 0.2) is 48.5 Å². The van der Waals surface area contributed by atoms with E-state index >= 15 is 0 Å². The summed E-state index contributed by atoms with van der Waals surface area (Å²) < 4.78 is 18.4. The number of rotatable bonds is 3. The second-order valence-corrected chi connectivity index (χ2v) is 4.98. The topological polar surface area (TPSA) is 46.6 Å². The fourth-order valence-electron chi connectivity index (χ4n) is 2.45. The average Bonchev–Trinajstić information content (AvgIpc) is 2.53. The number of carbonyl (C=O) groups excluding carboxylic acids is 2. The Hall–Kier alpha value is -2.69. The minimum Gasteiger partial charge on any atom is -0.484 e. The van der Waals surface area contributed by atoms with E-state index in [0.717, 1.165) is 0 Å². The number of ketones is 1. The molecule has 0 aromatic heterocycles. The smallest absolute Gasteiger partial charge is 0.264 e. The van der Waals surface area contributed by atoms with E-state index in [1.165, 1.54) is 23.1 Å². The lowest BCUT2D eigenvalue weighted by molar-refractivity contribution is -0.120. The molecule has 112 valence electrons. The van der Waals surface area contributed by atoms with Crippen molar-refractivity contribution < 1.29 is 18.7 Å². The minimum atomic E-state index is -0.418. The molecule has 0 radical (unpaired) electrons. The van der Waals surface area contributed by atoms with Gasteiger partial charge in [-0.15, -0.1) is 0 Å². The lowest BCUT2D eigenvalue weighted by atomic mass is 10.0. The Bertz CT molecular complexity index is 729. The van der Waals surface area contributed by atoms with Crippen LogP contribution < -0.4 is 9.64 Å². The van der Waals surface area contributed by atoms with E-state index in [0.29, 0.717) is 30.0 Å². The van der Waals surface area contributed by atoms with E-state index in [-0.39, 0.29) is 18.3 Å². The molecule has 0 fully saturated rings. The predicted octanol–water partition coefficient (Wildman–Crippen LogP) is 2.82. The van der Waals surface area contributed by atoms with Crippen LogP contribution in [-0.4, -0.2) is 24.8 Å². The first-order valence-corrected chi connectivity index (χ1v) is 6.96. The summed E-state index contributed by atoms with van der Waals surface area (Å²) in [7, 11) is 0. The molecule has 2 aromatic carbocycles. The lowest BCUT2D eigenvalue weighted by Gasteiger charge is -2.28. The SMILES string of the molecule is O=C1CCN(C(=O)COc2cccc(F)c2)c2ccccc21. The Morgan fingerprint density at radius 1 is 1.18 bits per heavy atom. The van der Waals surface area contributed by atoms with Crippen LogP contribution in [0.3, 0.4) is 0 Å². The zero-order chi connectivity index (χ0) is 15.5. The molecule has 4 nitrogen and oxygen atoms in total. The molecule has 22 heavy (non-hydrogen) atoms. The van der Waals surface area contributed by atoms with E-state index in [9.17, 15) is 14.0 Å². The highest BCUT2D eigenvalue weighted by atomic mass is 19.1. The van der Waals surface area contributed by atoms with Gasteiger partial charge < -0.3 is 9.64 Å². The summed E-state index contributed by atoms with van der Waals surface area (Å²) in [6.07, 6.45) is 0.294. The van der Waals surface area contributed by atoms with Crippen LogP contribution in [0.4, 0.5) is 10.1 Å². The van der Waals surface area contributed by atoms with Crippen LogP contribution in [0.2, 0.25) is 0 Å². The highest BCUT2D eigenvalue weighted by molar-refractivity contribution is 6.09. The van der Waals surface area contributed by atoms with Crippen molar-refractivity contribution in [1.29, 1.82) is 0 Å². The van der Waals surface area contributed by atoms with Gasteiger partial charge >= 0.3 is 0 Å². The van der Waals surface area contributed by atoms with Crippen LogP contribution >= 0.6 is 0 Å². The maximum Gasteiger partial charge on any atom is 0.264 e. The molecule has 1 aliphatic heterocycles. The maximum atomic E-state index is 13.1. The summed E-state index contributed by atoms with van der Waals surface area (Å²) in [5.74, 6) is -0.344. The summed E-state index contributed by atoms with van der Waals surface area (Å²) in [6, 6.07) is 12.6. The largest absolute Gasteiger partial charge is 0.484 e. The van der Waals surface area contributed by atoms with E-state index in [1.807, 2.05) is 0 Å². The molecule has 0 spiro atoms. The number of hydrogen-bond donors (Lipinski definition) is 0. The summed E-state index contributed by atoms with van der Waals surface area (Å²) in [6.45, 7) is 0.132. The highest BCUT2D eigenvalue weighted by Crippen LogP contribution is 2.26. The van der Waals surface area contributed by atoms with Gasteiger partial charge in [-0.05, 0) is 24.3 Å². The number of benzene rings is 2. The van der Waals surface area contributed by atoms with Gasteiger partial charge in [-0.25, -0.2) is 4.39 Å². The average molecular weight is 299 g/mol. The van der Waals surface area contributed by atoms with Gasteiger partial charge in [0.15, 0.2) is 12.4 Å². The molecule has 0 N–H and O–H groups in total. The zero-order valence-electron chi connectivity index (χ0n) is 11.8. The Labute approximate surface area is 127 Å². The number of Topliss-reactive ketones (excluding diaryl/α,β-unsaturated/α-hetero) is 1. The van der Waals surface area contributed by atoms with Gasteiger partial charge in [-0.3, -0.25) is 9.59 Å². The number of amides is 1. The Balaban J connectivity index is 1.73. The molecule has 5 heteroatoms. The molecule has 0 aliphatic carbocycles. The molecule has 1 aliphatic rings. The normalized spacial score (nSPS) is 13.7. The first-order chi connectivity index (χ1) is 10.6. The third-order valence-corrected chi connectivity index (χ3v) is 3.52. The number of halogens is 1. The number of ether oxygens (including phenoxy) is 1. The van der Waals surface area contributed by atoms with Crippen molar-refractivity contribution >= 4 is 17.4 Å². The highest BCUT2D eigenvalue weighted by Gasteiger charge is 2.26. The lowest BCUT2D eigenvalue weighted by Crippen LogP contribution is -2.40. The molecule has 2 aromatic rings. The molecule has 0 saturated carbocycles. The number of fused-ring (bicyclic) bond motifs is 1. The first kappa shape index (κ1) is 14.3. The summed E-state index contributed by atoms with van der Waals surface area (Å²) in [5, 5.41) is 0. The van der Waals surface area contributed by atoms with Gasteiger partial charge in [0, 0.05) is 24.6 Å². The van der Waals surface area contributed by atoms with Gasteiger partial charge in [0.25, 0.3) is 5.91 Å². The quantitative estimate of drug-likeness (QED) is 0.875. The number of anilines is 1. The zero-order valence-corrected chi connectivity index (χ0v) is 11.8. The summed E-state index contributed by atoms with van der Waals surface area (Å²) in [4.78, 5) is 25.7. The third-order valence-electron chi connectivity index (χ3n) is 3.52.